The average molecular weight is 301 g/mol. The van der Waals surface area contributed by atoms with Gasteiger partial charge >= 0.3 is 5.97 Å². The van der Waals surface area contributed by atoms with Gasteiger partial charge in [-0.1, -0.05) is 13.8 Å². The summed E-state index contributed by atoms with van der Waals surface area (Å²) < 4.78 is 3.07. The van der Waals surface area contributed by atoms with Crippen LogP contribution in [-0.2, 0) is 23.2 Å². The van der Waals surface area contributed by atoms with E-state index in [1.54, 1.807) is 0 Å². The zero-order valence-corrected chi connectivity index (χ0v) is 11.7. The summed E-state index contributed by atoms with van der Waals surface area (Å²) in [6, 6.07) is 0. The lowest BCUT2D eigenvalue weighted by molar-refractivity contribution is -0.138. The van der Waals surface area contributed by atoms with Gasteiger partial charge in [-0.2, -0.15) is 0 Å². The van der Waals surface area contributed by atoms with Gasteiger partial charge in [0.15, 0.2) is 0 Å². The van der Waals surface area contributed by atoms with Crippen molar-refractivity contribution in [3.63, 3.8) is 0 Å². The number of rotatable bonds is 3. The summed E-state index contributed by atoms with van der Waals surface area (Å²) in [4.78, 5) is 15.4. The third kappa shape index (κ3) is 2.39. The summed E-state index contributed by atoms with van der Waals surface area (Å²) in [5, 5.41) is 8.97. The summed E-state index contributed by atoms with van der Waals surface area (Å²) in [5.74, 6) is 0.112. The highest BCUT2D eigenvalue weighted by Gasteiger charge is 2.32. The van der Waals surface area contributed by atoms with E-state index in [4.69, 9.17) is 5.11 Å². The average Bonchev–Trinajstić information content (AvgIpc) is 2.56. The lowest BCUT2D eigenvalue weighted by Crippen LogP contribution is -2.27. The molecule has 0 fully saturated rings. The van der Waals surface area contributed by atoms with Crippen LogP contribution in [0.25, 0.3) is 0 Å². The van der Waals surface area contributed by atoms with Gasteiger partial charge in [-0.25, -0.2) is 4.98 Å². The fraction of sp³-hybridized carbons (Fsp3) is 0.667. The molecule has 0 radical (unpaired) electrons. The Morgan fingerprint density at radius 1 is 1.53 bits per heavy atom. The monoisotopic (exact) mass is 300 g/mol. The van der Waals surface area contributed by atoms with E-state index in [1.165, 1.54) is 12.1 Å². The predicted molar refractivity (Wildman–Crippen MR) is 68.1 cm³/mol. The Labute approximate surface area is 109 Å². The molecule has 17 heavy (non-hydrogen) atoms. The number of aliphatic carboxylic acids is 1. The second-order valence-corrected chi connectivity index (χ2v) is 5.99. The Balaban J connectivity index is 2.41. The van der Waals surface area contributed by atoms with E-state index < -0.39 is 11.4 Å². The van der Waals surface area contributed by atoms with Crippen molar-refractivity contribution in [3.05, 3.63) is 16.1 Å². The van der Waals surface area contributed by atoms with Crippen LogP contribution in [0.4, 0.5) is 0 Å². The Morgan fingerprint density at radius 3 is 2.88 bits per heavy atom. The second-order valence-electron chi connectivity index (χ2n) is 5.24. The molecule has 0 amide bonds. The lowest BCUT2D eigenvalue weighted by atomic mass is 9.88. The minimum atomic E-state index is -0.778. The first-order valence-corrected chi connectivity index (χ1v) is 6.68. The van der Waals surface area contributed by atoms with E-state index in [2.05, 4.69) is 25.5 Å². The Bertz CT molecular complexity index is 452. The van der Waals surface area contributed by atoms with E-state index in [0.717, 1.165) is 29.8 Å². The standard InChI is InChI=1S/C12H17BrN2O2/c1-12(2,7-9(16)17)11-14-10(13)8-5-3-4-6-15(8)11/h3-7H2,1-2H3,(H,16,17). The second kappa shape index (κ2) is 4.44. The molecular formula is C12H17BrN2O2. The van der Waals surface area contributed by atoms with Gasteiger partial charge in [0, 0.05) is 12.0 Å². The number of carboxylic acids is 1. The third-order valence-electron chi connectivity index (χ3n) is 3.27. The van der Waals surface area contributed by atoms with Crippen LogP contribution in [0, 0.1) is 0 Å². The first kappa shape index (κ1) is 12.6. The minimum absolute atomic E-state index is 0.107. The molecule has 0 saturated heterocycles. The lowest BCUT2D eigenvalue weighted by Gasteiger charge is -2.25. The number of carbonyl (C=O) groups is 1. The van der Waals surface area contributed by atoms with Crippen LogP contribution in [0.3, 0.4) is 0 Å². The molecule has 0 aromatic carbocycles. The van der Waals surface area contributed by atoms with Crippen LogP contribution in [0.5, 0.6) is 0 Å². The zero-order chi connectivity index (χ0) is 12.6. The van der Waals surface area contributed by atoms with Gasteiger partial charge in [0.05, 0.1) is 12.1 Å². The number of fused-ring (bicyclic) bond motifs is 1. The maximum Gasteiger partial charge on any atom is 0.304 e. The normalized spacial score (nSPS) is 15.7. The molecule has 1 aromatic rings. The summed E-state index contributed by atoms with van der Waals surface area (Å²) in [6.07, 6.45) is 3.46. The maximum absolute atomic E-state index is 10.9. The summed E-state index contributed by atoms with van der Waals surface area (Å²) in [6.45, 7) is 4.84. The van der Waals surface area contributed by atoms with Gasteiger partial charge in [0.25, 0.3) is 0 Å². The van der Waals surface area contributed by atoms with E-state index in [9.17, 15) is 4.79 Å². The Hall–Kier alpha value is -0.840. The summed E-state index contributed by atoms with van der Waals surface area (Å²) in [7, 11) is 0. The molecule has 94 valence electrons. The molecule has 0 saturated carbocycles. The number of imidazole rings is 1. The molecule has 1 aromatic heterocycles. The molecule has 1 aliphatic heterocycles. The number of carboxylic acid groups (broad SMARTS) is 1. The van der Waals surface area contributed by atoms with Crippen LogP contribution < -0.4 is 0 Å². The molecule has 2 rings (SSSR count). The van der Waals surface area contributed by atoms with Crippen LogP contribution in [0.2, 0.25) is 0 Å². The fourth-order valence-corrected chi connectivity index (χ4v) is 3.05. The molecule has 5 heteroatoms. The van der Waals surface area contributed by atoms with Crippen LogP contribution >= 0.6 is 15.9 Å². The van der Waals surface area contributed by atoms with Crippen LogP contribution in [0.1, 0.15) is 44.6 Å². The van der Waals surface area contributed by atoms with Crippen molar-refractivity contribution in [2.24, 2.45) is 0 Å². The van der Waals surface area contributed by atoms with Gasteiger partial charge in [0.1, 0.15) is 10.4 Å². The van der Waals surface area contributed by atoms with Crippen molar-refractivity contribution in [1.82, 2.24) is 9.55 Å². The number of halogens is 1. The molecule has 0 spiro atoms. The zero-order valence-electron chi connectivity index (χ0n) is 10.2. The van der Waals surface area contributed by atoms with Crippen molar-refractivity contribution in [2.45, 2.75) is 51.5 Å². The van der Waals surface area contributed by atoms with Crippen molar-refractivity contribution < 1.29 is 9.90 Å². The van der Waals surface area contributed by atoms with Crippen molar-refractivity contribution >= 4 is 21.9 Å². The molecular weight excluding hydrogens is 284 g/mol. The van der Waals surface area contributed by atoms with Gasteiger partial charge in [-0.15, -0.1) is 0 Å². The topological polar surface area (TPSA) is 55.1 Å². The first-order chi connectivity index (χ1) is 7.92. The number of aromatic nitrogens is 2. The van der Waals surface area contributed by atoms with Gasteiger partial charge in [0.2, 0.25) is 0 Å². The quantitative estimate of drug-likeness (QED) is 0.934. The predicted octanol–water partition coefficient (Wildman–Crippen LogP) is 2.73. The van der Waals surface area contributed by atoms with E-state index in [-0.39, 0.29) is 6.42 Å². The Kier molecular flexibility index (Phi) is 3.30. The van der Waals surface area contributed by atoms with Crippen molar-refractivity contribution in [3.8, 4) is 0 Å². The van der Waals surface area contributed by atoms with Gasteiger partial charge < -0.3 is 9.67 Å². The van der Waals surface area contributed by atoms with E-state index >= 15 is 0 Å². The smallest absolute Gasteiger partial charge is 0.304 e. The van der Waals surface area contributed by atoms with Gasteiger partial charge in [-0.05, 0) is 35.2 Å². The van der Waals surface area contributed by atoms with E-state index in [0.29, 0.717) is 0 Å². The highest BCUT2D eigenvalue weighted by molar-refractivity contribution is 9.10. The first-order valence-electron chi connectivity index (χ1n) is 5.89. The molecule has 4 nitrogen and oxygen atoms in total. The fourth-order valence-electron chi connectivity index (χ4n) is 2.47. The van der Waals surface area contributed by atoms with Crippen LogP contribution in [0.15, 0.2) is 4.60 Å². The molecule has 0 aliphatic carbocycles. The maximum atomic E-state index is 10.9. The highest BCUT2D eigenvalue weighted by Crippen LogP contribution is 2.33. The molecule has 2 heterocycles. The molecule has 1 N–H and O–H groups in total. The molecule has 0 unspecified atom stereocenters. The molecule has 0 atom stereocenters. The third-order valence-corrected chi connectivity index (χ3v) is 3.90. The molecule has 0 bridgehead atoms. The summed E-state index contributed by atoms with van der Waals surface area (Å²) in [5.41, 5.74) is 0.786. The molecule has 1 aliphatic rings. The number of hydrogen-bond acceptors (Lipinski definition) is 2. The van der Waals surface area contributed by atoms with Crippen molar-refractivity contribution in [2.75, 3.05) is 0 Å². The van der Waals surface area contributed by atoms with E-state index in [1.807, 2.05) is 13.8 Å². The van der Waals surface area contributed by atoms with Gasteiger partial charge in [-0.3, -0.25) is 4.79 Å². The van der Waals surface area contributed by atoms with Crippen LogP contribution in [-0.4, -0.2) is 20.6 Å². The Morgan fingerprint density at radius 2 is 2.24 bits per heavy atom. The SMILES string of the molecule is CC(C)(CC(=O)O)c1nc(Br)c2n1CCCC2. The van der Waals surface area contributed by atoms with Crippen molar-refractivity contribution in [1.29, 1.82) is 0 Å². The highest BCUT2D eigenvalue weighted by atomic mass is 79.9. The minimum Gasteiger partial charge on any atom is -0.481 e. The number of nitrogens with zero attached hydrogens (tertiary/aromatic N) is 2. The number of hydrogen-bond donors (Lipinski definition) is 1. The largest absolute Gasteiger partial charge is 0.481 e. The summed E-state index contributed by atoms with van der Waals surface area (Å²) >= 11 is 3.48.